The highest BCUT2D eigenvalue weighted by molar-refractivity contribution is 5.87. The monoisotopic (exact) mass is 443 g/mol. The number of aromatic nitrogens is 2. The first-order valence-electron chi connectivity index (χ1n) is 11.4. The van der Waals surface area contributed by atoms with Crippen molar-refractivity contribution in [3.05, 3.63) is 24.3 Å². The number of carbonyl (C=O) groups is 2. The van der Waals surface area contributed by atoms with E-state index >= 15 is 0 Å². The topological polar surface area (TPSA) is 99.9 Å². The van der Waals surface area contributed by atoms with Gasteiger partial charge in [0.25, 0.3) is 5.88 Å². The lowest BCUT2D eigenvalue weighted by molar-refractivity contribution is -0.118. The molecule has 2 fully saturated rings. The SMILES string of the molecule is CC(C)n1nc(OC(=O)NC2C[C@H]3CC[C@@H](C2)N3CC(O)CN(C)C=O)c2ccccc21. The van der Waals surface area contributed by atoms with Crippen LogP contribution >= 0.6 is 0 Å². The van der Waals surface area contributed by atoms with Crippen molar-refractivity contribution in [3.8, 4) is 5.88 Å². The maximum Gasteiger partial charge on any atom is 0.414 e. The zero-order valence-electron chi connectivity index (χ0n) is 19.0. The lowest BCUT2D eigenvalue weighted by Gasteiger charge is -2.40. The molecule has 0 spiro atoms. The summed E-state index contributed by atoms with van der Waals surface area (Å²) in [6.45, 7) is 4.95. The van der Waals surface area contributed by atoms with E-state index in [1.54, 1.807) is 7.05 Å². The van der Waals surface area contributed by atoms with Crippen molar-refractivity contribution < 1.29 is 19.4 Å². The minimum Gasteiger partial charge on any atom is -0.390 e. The van der Waals surface area contributed by atoms with Crippen molar-refractivity contribution >= 4 is 23.4 Å². The number of hydrogen-bond donors (Lipinski definition) is 2. The van der Waals surface area contributed by atoms with E-state index in [-0.39, 0.29) is 12.1 Å². The van der Waals surface area contributed by atoms with E-state index in [0.29, 0.717) is 31.1 Å². The maximum absolute atomic E-state index is 12.7. The summed E-state index contributed by atoms with van der Waals surface area (Å²) in [5.41, 5.74) is 0.940. The molecule has 1 aromatic carbocycles. The molecule has 2 bridgehead atoms. The molecule has 2 aliphatic heterocycles. The summed E-state index contributed by atoms with van der Waals surface area (Å²) >= 11 is 0. The fraction of sp³-hybridized carbons (Fsp3) is 0.609. The molecule has 2 N–H and O–H groups in total. The fourth-order valence-electron chi connectivity index (χ4n) is 5.18. The molecule has 2 aliphatic rings. The average molecular weight is 444 g/mol. The number of likely N-dealkylation sites (N-methyl/N-ethyl adjacent to an activating group) is 1. The van der Waals surface area contributed by atoms with Gasteiger partial charge in [-0.1, -0.05) is 12.1 Å². The highest BCUT2D eigenvalue weighted by atomic mass is 16.6. The smallest absolute Gasteiger partial charge is 0.390 e. The number of nitrogens with zero attached hydrogens (tertiary/aromatic N) is 4. The number of ether oxygens (including phenoxy) is 1. The number of rotatable bonds is 8. The van der Waals surface area contributed by atoms with Crippen LogP contribution in [0.25, 0.3) is 10.9 Å². The average Bonchev–Trinajstić information content (AvgIpc) is 3.21. The molecule has 4 rings (SSSR count). The van der Waals surface area contributed by atoms with Crippen LogP contribution in [0.3, 0.4) is 0 Å². The van der Waals surface area contributed by atoms with Gasteiger partial charge in [0, 0.05) is 44.3 Å². The van der Waals surface area contributed by atoms with E-state index in [1.165, 1.54) is 4.90 Å². The van der Waals surface area contributed by atoms with E-state index in [4.69, 9.17) is 4.74 Å². The Bertz CT molecular complexity index is 947. The number of piperidine rings is 1. The van der Waals surface area contributed by atoms with E-state index in [2.05, 4.69) is 15.3 Å². The van der Waals surface area contributed by atoms with E-state index in [0.717, 1.165) is 43.0 Å². The van der Waals surface area contributed by atoms with Gasteiger partial charge in [-0.15, -0.1) is 5.10 Å². The normalized spacial score (nSPS) is 24.0. The second-order valence-corrected chi connectivity index (χ2v) is 9.34. The van der Waals surface area contributed by atoms with Crippen molar-refractivity contribution in [2.24, 2.45) is 0 Å². The Morgan fingerprint density at radius 1 is 1.31 bits per heavy atom. The summed E-state index contributed by atoms with van der Waals surface area (Å²) in [4.78, 5) is 27.3. The molecule has 9 nitrogen and oxygen atoms in total. The summed E-state index contributed by atoms with van der Waals surface area (Å²) in [6.07, 6.45) is 3.43. The number of aliphatic hydroxyl groups excluding tert-OH is 1. The number of aliphatic hydroxyl groups is 1. The van der Waals surface area contributed by atoms with Crippen molar-refractivity contribution in [3.63, 3.8) is 0 Å². The van der Waals surface area contributed by atoms with Crippen molar-refractivity contribution in [2.45, 2.75) is 69.8 Å². The quantitative estimate of drug-likeness (QED) is 0.607. The van der Waals surface area contributed by atoms with Gasteiger partial charge in [-0.2, -0.15) is 0 Å². The number of amides is 2. The zero-order chi connectivity index (χ0) is 22.8. The summed E-state index contributed by atoms with van der Waals surface area (Å²) in [5.74, 6) is 0.328. The summed E-state index contributed by atoms with van der Waals surface area (Å²) in [6, 6.07) is 8.56. The lowest BCUT2D eigenvalue weighted by Crippen LogP contribution is -2.53. The van der Waals surface area contributed by atoms with Crippen molar-refractivity contribution in [2.75, 3.05) is 20.1 Å². The predicted octanol–water partition coefficient (Wildman–Crippen LogP) is 2.15. The van der Waals surface area contributed by atoms with Gasteiger partial charge in [-0.25, -0.2) is 4.79 Å². The molecule has 3 heterocycles. The van der Waals surface area contributed by atoms with E-state index < -0.39 is 12.2 Å². The number of hydrogen-bond acceptors (Lipinski definition) is 6. The van der Waals surface area contributed by atoms with Crippen LogP contribution in [0.4, 0.5) is 4.79 Å². The Morgan fingerprint density at radius 2 is 2.00 bits per heavy atom. The Hall–Kier alpha value is -2.65. The number of benzene rings is 1. The fourth-order valence-corrected chi connectivity index (χ4v) is 5.18. The summed E-state index contributed by atoms with van der Waals surface area (Å²) < 4.78 is 7.49. The summed E-state index contributed by atoms with van der Waals surface area (Å²) in [5, 5.41) is 18.7. The molecule has 2 aromatic rings. The first-order chi connectivity index (χ1) is 15.4. The highest BCUT2D eigenvalue weighted by Crippen LogP contribution is 2.36. The van der Waals surface area contributed by atoms with Gasteiger partial charge in [-0.05, 0) is 51.7 Å². The number of fused-ring (bicyclic) bond motifs is 3. The van der Waals surface area contributed by atoms with Gasteiger partial charge in [0.2, 0.25) is 6.41 Å². The highest BCUT2D eigenvalue weighted by Gasteiger charge is 2.41. The minimum atomic E-state index is -0.577. The van der Waals surface area contributed by atoms with Crippen LogP contribution in [0.2, 0.25) is 0 Å². The molecule has 174 valence electrons. The molecule has 4 atom stereocenters. The molecule has 2 amide bonds. The lowest BCUT2D eigenvalue weighted by atomic mass is 9.97. The van der Waals surface area contributed by atoms with Crippen LogP contribution in [0.15, 0.2) is 24.3 Å². The molecule has 0 radical (unpaired) electrons. The molecule has 1 aromatic heterocycles. The third-order valence-corrected chi connectivity index (χ3v) is 6.56. The van der Waals surface area contributed by atoms with E-state index in [9.17, 15) is 14.7 Å². The molecular weight excluding hydrogens is 410 g/mol. The van der Waals surface area contributed by atoms with Crippen LogP contribution in [-0.4, -0.2) is 81.6 Å². The predicted molar refractivity (Wildman–Crippen MR) is 121 cm³/mol. The van der Waals surface area contributed by atoms with Crippen LogP contribution < -0.4 is 10.1 Å². The molecule has 9 heteroatoms. The minimum absolute atomic E-state index is 0.0319. The first-order valence-corrected chi connectivity index (χ1v) is 11.4. The van der Waals surface area contributed by atoms with Crippen molar-refractivity contribution in [1.29, 1.82) is 0 Å². The standard InChI is InChI=1S/C23H33N5O4/c1-15(2)28-21-7-5-4-6-20(21)22(25-28)32-23(31)24-16-10-17-8-9-18(11-16)27(17)13-19(30)12-26(3)14-29/h4-7,14-19,30H,8-13H2,1-3H3,(H,24,31)/t16?,17-,18+,19?. The third-order valence-electron chi connectivity index (χ3n) is 6.56. The molecule has 0 saturated carbocycles. The van der Waals surface area contributed by atoms with Crippen molar-refractivity contribution in [1.82, 2.24) is 24.9 Å². The number of nitrogens with one attached hydrogen (secondary N) is 1. The Kier molecular flexibility index (Phi) is 6.66. The third kappa shape index (κ3) is 4.73. The van der Waals surface area contributed by atoms with Gasteiger partial charge in [0.1, 0.15) is 0 Å². The Labute approximate surface area is 188 Å². The van der Waals surface area contributed by atoms with Crippen LogP contribution in [0.1, 0.15) is 45.6 Å². The second kappa shape index (κ2) is 9.46. The second-order valence-electron chi connectivity index (χ2n) is 9.34. The van der Waals surface area contributed by atoms with Gasteiger partial charge in [-0.3, -0.25) is 14.4 Å². The molecule has 2 unspecified atom stereocenters. The molecule has 0 aliphatic carbocycles. The van der Waals surface area contributed by atoms with Gasteiger partial charge >= 0.3 is 6.09 Å². The van der Waals surface area contributed by atoms with Crippen LogP contribution in [-0.2, 0) is 4.79 Å². The maximum atomic E-state index is 12.7. The van der Waals surface area contributed by atoms with E-state index in [1.807, 2.05) is 42.8 Å². The van der Waals surface area contributed by atoms with Crippen LogP contribution in [0, 0.1) is 0 Å². The number of para-hydroxylation sites is 1. The Balaban J connectivity index is 1.35. The Morgan fingerprint density at radius 3 is 2.66 bits per heavy atom. The summed E-state index contributed by atoms with van der Waals surface area (Å²) in [7, 11) is 1.67. The zero-order valence-corrected chi connectivity index (χ0v) is 19.0. The van der Waals surface area contributed by atoms with Gasteiger partial charge in [0.05, 0.1) is 17.0 Å². The van der Waals surface area contributed by atoms with Gasteiger partial charge < -0.3 is 20.1 Å². The molecule has 2 saturated heterocycles. The van der Waals surface area contributed by atoms with Crippen LogP contribution in [0.5, 0.6) is 5.88 Å². The largest absolute Gasteiger partial charge is 0.414 e. The molecular formula is C23H33N5O4. The number of carbonyl (C=O) groups excluding carboxylic acids is 2. The van der Waals surface area contributed by atoms with Gasteiger partial charge in [0.15, 0.2) is 0 Å². The molecule has 32 heavy (non-hydrogen) atoms. The first kappa shape index (κ1) is 22.5.